The van der Waals surface area contributed by atoms with Gasteiger partial charge in [0.2, 0.25) is 5.28 Å². The maximum atomic E-state index is 11.9. The van der Waals surface area contributed by atoms with Crippen molar-refractivity contribution >= 4 is 7.68 Å². The molecule has 0 aromatic carbocycles. The summed E-state index contributed by atoms with van der Waals surface area (Å²) in [7, 11) is 3.61. The van der Waals surface area contributed by atoms with Crippen LogP contribution in [0.25, 0.3) is 0 Å². The van der Waals surface area contributed by atoms with Crippen molar-refractivity contribution in [3.63, 3.8) is 0 Å². The minimum absolute atomic E-state index is 0.507. The summed E-state index contributed by atoms with van der Waals surface area (Å²) in [6.45, 7) is 4.27. The first-order chi connectivity index (χ1) is 12.8. The molecule has 0 rings (SSSR count). The van der Waals surface area contributed by atoms with Crippen LogP contribution in [0.2, 0.25) is 0 Å². The van der Waals surface area contributed by atoms with Gasteiger partial charge in [-0.3, -0.25) is 0 Å². The van der Waals surface area contributed by atoms with Gasteiger partial charge in [-0.15, -0.1) is 0 Å². The minimum atomic E-state index is -2.41. The van der Waals surface area contributed by atoms with Gasteiger partial charge in [0.05, 0.1) is 21.1 Å². The van der Waals surface area contributed by atoms with Crippen LogP contribution in [0.15, 0.2) is 12.2 Å². The van der Waals surface area contributed by atoms with Crippen LogP contribution in [0.3, 0.4) is 0 Å². The summed E-state index contributed by atoms with van der Waals surface area (Å²) in [5.41, 5.74) is 0. The molecular weight excluding hydrogens is 353 g/mol. The van der Waals surface area contributed by atoms with Crippen LogP contribution in [0.4, 0.5) is 0 Å². The fourth-order valence-electron chi connectivity index (χ4n) is 3.93. The van der Waals surface area contributed by atoms with Crippen molar-refractivity contribution in [2.24, 2.45) is 0 Å². The van der Waals surface area contributed by atoms with E-state index in [1.54, 1.807) is 0 Å². The van der Waals surface area contributed by atoms with Gasteiger partial charge in [-0.05, 0) is 32.1 Å². The summed E-state index contributed by atoms with van der Waals surface area (Å²) in [4.78, 5) is 0. The molecule has 0 spiro atoms. The van der Waals surface area contributed by atoms with Crippen LogP contribution in [0, 0.1) is 0 Å². The van der Waals surface area contributed by atoms with Crippen molar-refractivity contribution in [2.75, 3.05) is 21.1 Å². The quantitative estimate of drug-likeness (QED) is 0.101. The van der Waals surface area contributed by atoms with Crippen molar-refractivity contribution in [2.45, 2.75) is 115 Å². The molecule has 0 amide bonds. The van der Waals surface area contributed by atoms with E-state index in [9.17, 15) is 9.13 Å². The van der Waals surface area contributed by atoms with Gasteiger partial charge in [-0.25, -0.2) is 9.13 Å². The third-order valence-corrected chi connectivity index (χ3v) is 7.81. The fraction of sp³-hybridized carbons (Fsp3) is 0.913. The summed E-state index contributed by atoms with van der Waals surface area (Å²) in [6.07, 6.45) is 22.8. The van der Waals surface area contributed by atoms with Gasteiger partial charge in [0.1, 0.15) is 0 Å². The number of quaternary nitrogens is 1. The lowest BCUT2D eigenvalue weighted by molar-refractivity contribution is -0.908. The molecule has 0 bridgehead atoms. The van der Waals surface area contributed by atoms with E-state index in [0.717, 1.165) is 19.3 Å². The lowest BCUT2D eigenvalue weighted by Gasteiger charge is -2.40. The van der Waals surface area contributed by atoms with Gasteiger partial charge < -0.3 is 4.48 Å². The summed E-state index contributed by atoms with van der Waals surface area (Å²) >= 11 is 0. The molecule has 0 aliphatic heterocycles. The molecule has 27 heavy (non-hydrogen) atoms. The van der Waals surface area contributed by atoms with E-state index in [2.05, 4.69) is 19.1 Å². The maximum Gasteiger partial charge on any atom is 0.378 e. The molecule has 0 aliphatic rings. The molecule has 0 saturated carbocycles. The zero-order valence-electron chi connectivity index (χ0n) is 19.0. The number of rotatable bonds is 18. The lowest BCUT2D eigenvalue weighted by atomic mass is 10.0. The first-order valence-electron chi connectivity index (χ1n) is 11.4. The number of hydrogen-bond donors (Lipinski definition) is 0. The van der Waals surface area contributed by atoms with Crippen LogP contribution in [0.1, 0.15) is 110 Å². The summed E-state index contributed by atoms with van der Waals surface area (Å²) in [5.74, 6) is 0. The molecule has 0 saturated heterocycles. The van der Waals surface area contributed by atoms with Gasteiger partial charge >= 0.3 is 7.68 Å². The van der Waals surface area contributed by atoms with E-state index in [4.69, 9.17) is 0 Å². The largest absolute Gasteiger partial charge is 0.378 e. The number of nitrogens with zero attached hydrogens (tertiary/aromatic N) is 1. The van der Waals surface area contributed by atoms with E-state index in [0.29, 0.717) is 10.9 Å². The zero-order chi connectivity index (χ0) is 20.6. The standard InChI is InChI=1S/C23H47NO2P/c1-6-8-9-10-11-12-13-14-15-16-17-18-19-20-21-22-23(7-2,27(25)26)24(3,4)5/h13-14H,6-12,15-22H2,1-5H3/q+1. The van der Waals surface area contributed by atoms with E-state index < -0.39 is 13.0 Å². The Bertz CT molecular complexity index is 444. The van der Waals surface area contributed by atoms with Gasteiger partial charge in [0, 0.05) is 12.8 Å². The first kappa shape index (κ1) is 26.6. The molecule has 0 aromatic rings. The Labute approximate surface area is 170 Å². The second-order valence-corrected chi connectivity index (χ2v) is 10.3. The molecule has 0 N–H and O–H groups in total. The number of unbranched alkanes of at least 4 members (excludes halogenated alkanes) is 11. The summed E-state index contributed by atoms with van der Waals surface area (Å²) in [6, 6.07) is 0. The molecule has 0 aromatic heterocycles. The van der Waals surface area contributed by atoms with E-state index >= 15 is 0 Å². The average molecular weight is 401 g/mol. The third kappa shape index (κ3) is 11.3. The Morgan fingerprint density at radius 3 is 1.56 bits per heavy atom. The smallest absolute Gasteiger partial charge is 0.314 e. The molecule has 0 heterocycles. The highest BCUT2D eigenvalue weighted by Crippen LogP contribution is 2.43. The summed E-state index contributed by atoms with van der Waals surface area (Å²) in [5, 5.41) is -0.601. The SMILES string of the molecule is CCCCCCCC=CCCCCCCCCC(CC)(P(=O)=O)[N+](C)(C)C. The van der Waals surface area contributed by atoms with Crippen LogP contribution in [0.5, 0.6) is 0 Å². The highest BCUT2D eigenvalue weighted by molar-refractivity contribution is 7.32. The van der Waals surface area contributed by atoms with Crippen LogP contribution < -0.4 is 0 Å². The molecular formula is C23H47NO2P+. The van der Waals surface area contributed by atoms with Gasteiger partial charge in [0.25, 0.3) is 0 Å². The maximum absolute atomic E-state index is 11.9. The molecule has 0 radical (unpaired) electrons. The van der Waals surface area contributed by atoms with E-state index in [-0.39, 0.29) is 0 Å². The Balaban J connectivity index is 3.72. The normalized spacial score (nSPS) is 14.6. The highest BCUT2D eigenvalue weighted by Gasteiger charge is 2.46. The van der Waals surface area contributed by atoms with Crippen molar-refractivity contribution < 1.29 is 13.6 Å². The Morgan fingerprint density at radius 1 is 0.704 bits per heavy atom. The minimum Gasteiger partial charge on any atom is -0.314 e. The van der Waals surface area contributed by atoms with Gasteiger partial charge in [-0.1, -0.05) is 77.4 Å². The summed E-state index contributed by atoms with van der Waals surface area (Å²) < 4.78 is 24.3. The fourth-order valence-corrected chi connectivity index (χ4v) is 5.02. The zero-order valence-corrected chi connectivity index (χ0v) is 19.9. The van der Waals surface area contributed by atoms with Crippen LogP contribution >= 0.6 is 7.68 Å². The Morgan fingerprint density at radius 2 is 1.15 bits per heavy atom. The van der Waals surface area contributed by atoms with Crippen molar-refractivity contribution in [3.8, 4) is 0 Å². The average Bonchev–Trinajstić information content (AvgIpc) is 2.60. The first-order valence-corrected chi connectivity index (χ1v) is 12.6. The molecule has 3 nitrogen and oxygen atoms in total. The Hall–Kier alpha value is -0.400. The van der Waals surface area contributed by atoms with Crippen molar-refractivity contribution in [1.82, 2.24) is 0 Å². The number of hydrogen-bond acceptors (Lipinski definition) is 2. The van der Waals surface area contributed by atoms with Crippen LogP contribution in [-0.4, -0.2) is 30.9 Å². The van der Waals surface area contributed by atoms with Crippen LogP contribution in [-0.2, 0) is 9.13 Å². The van der Waals surface area contributed by atoms with Crippen molar-refractivity contribution in [3.05, 3.63) is 12.2 Å². The van der Waals surface area contributed by atoms with Crippen molar-refractivity contribution in [1.29, 1.82) is 0 Å². The predicted octanol–water partition coefficient (Wildman–Crippen LogP) is 8.01. The Kier molecular flexibility index (Phi) is 15.3. The van der Waals surface area contributed by atoms with Gasteiger partial charge in [-0.2, -0.15) is 0 Å². The predicted molar refractivity (Wildman–Crippen MR) is 119 cm³/mol. The topological polar surface area (TPSA) is 34.1 Å². The monoisotopic (exact) mass is 400 g/mol. The molecule has 4 heteroatoms. The van der Waals surface area contributed by atoms with E-state index in [1.807, 2.05) is 28.1 Å². The lowest BCUT2D eigenvalue weighted by Crippen LogP contribution is -2.53. The van der Waals surface area contributed by atoms with Gasteiger partial charge in [0.15, 0.2) is 0 Å². The second kappa shape index (κ2) is 15.5. The molecule has 1 atom stereocenters. The second-order valence-electron chi connectivity index (χ2n) is 8.94. The van der Waals surface area contributed by atoms with E-state index in [1.165, 1.54) is 70.6 Å². The third-order valence-electron chi connectivity index (χ3n) is 5.99. The molecule has 1 unspecified atom stereocenters. The molecule has 0 fully saturated rings. The molecule has 160 valence electrons. The molecule has 0 aliphatic carbocycles. The highest BCUT2D eigenvalue weighted by atomic mass is 31.1. The number of allylic oxidation sites excluding steroid dienone is 2.